The molecule has 0 aliphatic heterocycles. The average Bonchev–Trinajstić information content (AvgIpc) is 3.09. The molecular weight excluding hydrogens is 290 g/mol. The topological polar surface area (TPSA) is 73.5 Å². The predicted octanol–water partition coefficient (Wildman–Crippen LogP) is 2.29. The van der Waals surface area contributed by atoms with E-state index in [0.29, 0.717) is 0 Å². The standard InChI is InChI=1S/C16H21N7/c1-12-11-13(2)23(21-12)16-6-5-15(19-20-16)18-7-4-9-22-10-8-17-14(22)3/h5-6,8,10-11H,4,7,9H2,1-3H3,(H,18,19). The van der Waals surface area contributed by atoms with E-state index in [1.807, 2.05) is 51.4 Å². The molecule has 0 spiro atoms. The zero-order valence-electron chi connectivity index (χ0n) is 13.7. The molecule has 0 bridgehead atoms. The fraction of sp³-hybridized carbons (Fsp3) is 0.375. The van der Waals surface area contributed by atoms with E-state index in [4.69, 9.17) is 0 Å². The summed E-state index contributed by atoms with van der Waals surface area (Å²) in [6, 6.07) is 5.88. The van der Waals surface area contributed by atoms with Crippen molar-refractivity contribution < 1.29 is 0 Å². The van der Waals surface area contributed by atoms with E-state index in [1.54, 1.807) is 4.68 Å². The molecule has 3 rings (SSSR count). The lowest BCUT2D eigenvalue weighted by atomic mass is 10.4. The van der Waals surface area contributed by atoms with Gasteiger partial charge in [0, 0.05) is 31.2 Å². The molecule has 0 saturated heterocycles. The summed E-state index contributed by atoms with van der Waals surface area (Å²) in [5.74, 6) is 2.55. The molecule has 0 fully saturated rings. The smallest absolute Gasteiger partial charge is 0.176 e. The molecule has 0 atom stereocenters. The monoisotopic (exact) mass is 311 g/mol. The lowest BCUT2D eigenvalue weighted by molar-refractivity contribution is 0.641. The van der Waals surface area contributed by atoms with Crippen molar-refractivity contribution in [1.82, 2.24) is 29.5 Å². The summed E-state index contributed by atoms with van der Waals surface area (Å²) in [6.07, 6.45) is 4.82. The second kappa shape index (κ2) is 6.60. The number of hydrogen-bond donors (Lipinski definition) is 1. The largest absolute Gasteiger partial charge is 0.369 e. The molecule has 0 amide bonds. The lowest BCUT2D eigenvalue weighted by Gasteiger charge is -2.08. The number of hydrogen-bond acceptors (Lipinski definition) is 5. The minimum atomic E-state index is 0.732. The molecule has 0 aromatic carbocycles. The Balaban J connectivity index is 1.53. The minimum absolute atomic E-state index is 0.732. The Morgan fingerprint density at radius 2 is 2.00 bits per heavy atom. The summed E-state index contributed by atoms with van der Waals surface area (Å²) < 4.78 is 3.94. The first-order valence-corrected chi connectivity index (χ1v) is 7.72. The van der Waals surface area contributed by atoms with Crippen LogP contribution in [0.25, 0.3) is 5.82 Å². The highest BCUT2D eigenvalue weighted by Gasteiger charge is 2.05. The number of rotatable bonds is 6. The Morgan fingerprint density at radius 3 is 2.61 bits per heavy atom. The van der Waals surface area contributed by atoms with Crippen LogP contribution in [0.3, 0.4) is 0 Å². The van der Waals surface area contributed by atoms with Crippen molar-refractivity contribution in [2.24, 2.45) is 0 Å². The maximum absolute atomic E-state index is 4.41. The third-order valence-corrected chi connectivity index (χ3v) is 3.68. The summed E-state index contributed by atoms with van der Waals surface area (Å²) >= 11 is 0. The van der Waals surface area contributed by atoms with Gasteiger partial charge in [0.25, 0.3) is 0 Å². The lowest BCUT2D eigenvalue weighted by Crippen LogP contribution is -2.10. The Hall–Kier alpha value is -2.70. The highest BCUT2D eigenvalue weighted by molar-refractivity contribution is 5.36. The van der Waals surface area contributed by atoms with Crippen molar-refractivity contribution in [2.45, 2.75) is 33.7 Å². The molecule has 0 aliphatic carbocycles. The molecule has 7 nitrogen and oxygen atoms in total. The van der Waals surface area contributed by atoms with Crippen LogP contribution < -0.4 is 5.32 Å². The van der Waals surface area contributed by atoms with E-state index < -0.39 is 0 Å². The summed E-state index contributed by atoms with van der Waals surface area (Å²) in [7, 11) is 0. The van der Waals surface area contributed by atoms with E-state index in [0.717, 1.165) is 48.4 Å². The van der Waals surface area contributed by atoms with Gasteiger partial charge in [0.2, 0.25) is 0 Å². The number of aromatic nitrogens is 6. The molecule has 0 aliphatic rings. The van der Waals surface area contributed by atoms with Gasteiger partial charge in [0.15, 0.2) is 5.82 Å². The van der Waals surface area contributed by atoms with Gasteiger partial charge in [-0.3, -0.25) is 0 Å². The predicted molar refractivity (Wildman–Crippen MR) is 88.7 cm³/mol. The molecule has 0 radical (unpaired) electrons. The first kappa shape index (κ1) is 15.2. The molecule has 120 valence electrons. The number of nitrogens with zero attached hydrogens (tertiary/aromatic N) is 6. The highest BCUT2D eigenvalue weighted by Crippen LogP contribution is 2.10. The van der Waals surface area contributed by atoms with E-state index in [9.17, 15) is 0 Å². The van der Waals surface area contributed by atoms with Gasteiger partial charge >= 0.3 is 0 Å². The average molecular weight is 311 g/mol. The molecule has 0 saturated carbocycles. The van der Waals surface area contributed by atoms with Crippen LogP contribution in [0, 0.1) is 20.8 Å². The van der Waals surface area contributed by atoms with Crippen molar-refractivity contribution in [3.63, 3.8) is 0 Å². The number of anilines is 1. The van der Waals surface area contributed by atoms with Gasteiger partial charge < -0.3 is 9.88 Å². The summed E-state index contributed by atoms with van der Waals surface area (Å²) in [5.41, 5.74) is 2.02. The third kappa shape index (κ3) is 3.56. The Kier molecular flexibility index (Phi) is 4.36. The van der Waals surface area contributed by atoms with Crippen molar-refractivity contribution in [3.05, 3.63) is 47.8 Å². The van der Waals surface area contributed by atoms with Crippen LogP contribution >= 0.6 is 0 Å². The third-order valence-electron chi connectivity index (χ3n) is 3.68. The zero-order valence-corrected chi connectivity index (χ0v) is 13.7. The summed E-state index contributed by atoms with van der Waals surface area (Å²) in [5, 5.41) is 16.2. The van der Waals surface area contributed by atoms with Gasteiger partial charge in [-0.25, -0.2) is 9.67 Å². The SMILES string of the molecule is Cc1cc(C)n(-c2ccc(NCCCn3ccnc3C)nn2)n1. The van der Waals surface area contributed by atoms with E-state index >= 15 is 0 Å². The first-order chi connectivity index (χ1) is 11.1. The van der Waals surface area contributed by atoms with E-state index in [1.165, 1.54) is 0 Å². The van der Waals surface area contributed by atoms with E-state index in [2.05, 4.69) is 30.2 Å². The first-order valence-electron chi connectivity index (χ1n) is 7.72. The van der Waals surface area contributed by atoms with Crippen molar-refractivity contribution >= 4 is 5.82 Å². The molecule has 3 aromatic heterocycles. The van der Waals surface area contributed by atoms with Gasteiger partial charge in [-0.15, -0.1) is 10.2 Å². The summed E-state index contributed by atoms with van der Waals surface area (Å²) in [6.45, 7) is 7.76. The fourth-order valence-corrected chi connectivity index (χ4v) is 2.50. The maximum atomic E-state index is 4.41. The van der Waals surface area contributed by atoms with Crippen LogP contribution in [-0.4, -0.2) is 36.1 Å². The quantitative estimate of drug-likeness (QED) is 0.707. The Morgan fingerprint density at radius 1 is 1.13 bits per heavy atom. The van der Waals surface area contributed by atoms with E-state index in [-0.39, 0.29) is 0 Å². The number of nitrogens with one attached hydrogen (secondary N) is 1. The molecule has 3 aromatic rings. The molecule has 7 heteroatoms. The molecule has 3 heterocycles. The van der Waals surface area contributed by atoms with Gasteiger partial charge in [-0.05, 0) is 45.4 Å². The van der Waals surface area contributed by atoms with Crippen LogP contribution in [0.5, 0.6) is 0 Å². The maximum Gasteiger partial charge on any atom is 0.176 e. The van der Waals surface area contributed by atoms with Gasteiger partial charge in [0.1, 0.15) is 11.6 Å². The van der Waals surface area contributed by atoms with Crippen LogP contribution in [0.2, 0.25) is 0 Å². The number of imidazole rings is 1. The minimum Gasteiger partial charge on any atom is -0.369 e. The van der Waals surface area contributed by atoms with Crippen molar-refractivity contribution in [3.8, 4) is 5.82 Å². The van der Waals surface area contributed by atoms with Gasteiger partial charge in [-0.2, -0.15) is 5.10 Å². The van der Waals surface area contributed by atoms with Crippen molar-refractivity contribution in [2.75, 3.05) is 11.9 Å². The van der Waals surface area contributed by atoms with Crippen LogP contribution in [0.1, 0.15) is 23.6 Å². The fourth-order valence-electron chi connectivity index (χ4n) is 2.50. The highest BCUT2D eigenvalue weighted by atomic mass is 15.4. The zero-order chi connectivity index (χ0) is 16.2. The Bertz CT molecular complexity index is 770. The number of aryl methyl sites for hydroxylation is 4. The van der Waals surface area contributed by atoms with Crippen LogP contribution in [0.15, 0.2) is 30.6 Å². The van der Waals surface area contributed by atoms with Crippen LogP contribution in [0.4, 0.5) is 5.82 Å². The Labute approximate surface area is 135 Å². The summed E-state index contributed by atoms with van der Waals surface area (Å²) in [4.78, 5) is 4.21. The molecular formula is C16H21N7. The second-order valence-corrected chi connectivity index (χ2v) is 5.56. The van der Waals surface area contributed by atoms with Gasteiger partial charge in [0.05, 0.1) is 5.69 Å². The van der Waals surface area contributed by atoms with Crippen molar-refractivity contribution in [1.29, 1.82) is 0 Å². The van der Waals surface area contributed by atoms with Crippen LogP contribution in [-0.2, 0) is 6.54 Å². The van der Waals surface area contributed by atoms with Gasteiger partial charge in [-0.1, -0.05) is 0 Å². The molecule has 0 unspecified atom stereocenters. The second-order valence-electron chi connectivity index (χ2n) is 5.56. The molecule has 23 heavy (non-hydrogen) atoms. The normalized spacial score (nSPS) is 10.9. The molecule has 1 N–H and O–H groups in total.